The van der Waals surface area contributed by atoms with Gasteiger partial charge in [0.1, 0.15) is 11.3 Å². The number of carbonyl (C=O) groups is 1. The molecule has 6 nitrogen and oxygen atoms in total. The number of rotatable bonds is 4. The molecular formula is C28H23F3N4O2. The van der Waals surface area contributed by atoms with Crippen LogP contribution in [0.5, 0.6) is 0 Å². The van der Waals surface area contributed by atoms with Crippen molar-refractivity contribution in [3.8, 4) is 11.8 Å². The fourth-order valence-electron chi connectivity index (χ4n) is 4.36. The van der Waals surface area contributed by atoms with Gasteiger partial charge < -0.3 is 10.4 Å². The van der Waals surface area contributed by atoms with Crippen LogP contribution >= 0.6 is 0 Å². The molecule has 1 aliphatic heterocycles. The summed E-state index contributed by atoms with van der Waals surface area (Å²) < 4.78 is 43.2. The lowest BCUT2D eigenvalue weighted by Crippen LogP contribution is -2.23. The highest BCUT2D eigenvalue weighted by atomic mass is 19.4. The van der Waals surface area contributed by atoms with E-state index in [4.69, 9.17) is 0 Å². The van der Waals surface area contributed by atoms with Crippen molar-refractivity contribution in [3.63, 3.8) is 0 Å². The Balaban J connectivity index is 1.33. The number of carbonyl (C=O) groups excluding carboxylic acids is 1. The van der Waals surface area contributed by atoms with Crippen LogP contribution in [-0.4, -0.2) is 44.5 Å². The van der Waals surface area contributed by atoms with Gasteiger partial charge in [-0.2, -0.15) is 13.2 Å². The number of hydrogen-bond donors (Lipinski definition) is 2. The second-order valence-electron chi connectivity index (χ2n) is 8.90. The molecule has 0 bridgehead atoms. The fraction of sp³-hybridized carbons (Fsp3) is 0.214. The number of alkyl halides is 3. The first-order valence-electron chi connectivity index (χ1n) is 11.7. The smallest absolute Gasteiger partial charge is 0.392 e. The standard InChI is InChI=1S/C28H23F3N4O2/c29-28(30,31)25-15-22(9-8-21(25)17-34-13-11-24(36)18-34)33-27(37)20-5-3-4-19(14-20)7-10-23-16-32-26-6-1-2-12-35(23)26/h1-6,8-9,12,14-16,24,36H,11,13,17-18H2,(H,33,37)/t24-/m1/s1. The Morgan fingerprint density at radius 2 is 1.97 bits per heavy atom. The third-order valence-corrected chi connectivity index (χ3v) is 6.19. The largest absolute Gasteiger partial charge is 0.416 e. The van der Waals surface area contributed by atoms with Gasteiger partial charge in [0.25, 0.3) is 5.91 Å². The maximum Gasteiger partial charge on any atom is 0.416 e. The Labute approximate surface area is 211 Å². The minimum Gasteiger partial charge on any atom is -0.392 e. The second kappa shape index (κ2) is 10.1. The first-order valence-corrected chi connectivity index (χ1v) is 11.7. The first kappa shape index (κ1) is 24.6. The summed E-state index contributed by atoms with van der Waals surface area (Å²) >= 11 is 0. The van der Waals surface area contributed by atoms with Crippen molar-refractivity contribution in [2.75, 3.05) is 18.4 Å². The highest BCUT2D eigenvalue weighted by molar-refractivity contribution is 6.04. The summed E-state index contributed by atoms with van der Waals surface area (Å²) in [4.78, 5) is 18.9. The number of benzene rings is 2. The molecule has 0 aliphatic carbocycles. The number of fused-ring (bicyclic) bond motifs is 1. The number of β-amino-alcohol motifs (C(OH)–C–C–N with tert-alkyl or cyclic N) is 1. The Kier molecular flexibility index (Phi) is 6.70. The zero-order chi connectivity index (χ0) is 26.0. The number of aliphatic hydroxyl groups excluding tert-OH is 1. The molecule has 1 aliphatic rings. The van der Waals surface area contributed by atoms with E-state index in [9.17, 15) is 23.1 Å². The molecule has 3 heterocycles. The number of aliphatic hydroxyl groups is 1. The SMILES string of the molecule is O=C(Nc1ccc(CN2CC[C@@H](O)C2)c(C(F)(F)F)c1)c1cccc(C#Cc2cnc3ccccn23)c1. The van der Waals surface area contributed by atoms with Gasteiger partial charge in [-0.15, -0.1) is 0 Å². The number of halogens is 3. The van der Waals surface area contributed by atoms with Crippen molar-refractivity contribution >= 4 is 17.2 Å². The molecule has 37 heavy (non-hydrogen) atoms. The number of imidazole rings is 1. The predicted molar refractivity (Wildman–Crippen MR) is 133 cm³/mol. The minimum atomic E-state index is -4.58. The first-order chi connectivity index (χ1) is 17.8. The Morgan fingerprint density at radius 1 is 1.11 bits per heavy atom. The molecule has 0 unspecified atom stereocenters. The quantitative estimate of drug-likeness (QED) is 0.400. The van der Waals surface area contributed by atoms with Crippen molar-refractivity contribution in [2.24, 2.45) is 0 Å². The van der Waals surface area contributed by atoms with Crippen LogP contribution in [0.1, 0.15) is 39.2 Å². The molecule has 1 atom stereocenters. The molecule has 9 heteroatoms. The highest BCUT2D eigenvalue weighted by Crippen LogP contribution is 2.35. The van der Waals surface area contributed by atoms with Crippen molar-refractivity contribution in [3.05, 3.63) is 101 Å². The molecule has 2 aromatic heterocycles. The van der Waals surface area contributed by atoms with Gasteiger partial charge in [0, 0.05) is 42.6 Å². The lowest BCUT2D eigenvalue weighted by Gasteiger charge is -2.20. The van der Waals surface area contributed by atoms with Crippen LogP contribution in [0.15, 0.2) is 73.1 Å². The predicted octanol–water partition coefficient (Wildman–Crippen LogP) is 4.57. The van der Waals surface area contributed by atoms with E-state index < -0.39 is 23.8 Å². The summed E-state index contributed by atoms with van der Waals surface area (Å²) in [5, 5.41) is 12.2. The van der Waals surface area contributed by atoms with Gasteiger partial charge in [-0.3, -0.25) is 14.1 Å². The molecule has 1 saturated heterocycles. The average Bonchev–Trinajstić information content (AvgIpc) is 3.48. The summed E-state index contributed by atoms with van der Waals surface area (Å²) in [7, 11) is 0. The van der Waals surface area contributed by atoms with Gasteiger partial charge >= 0.3 is 6.18 Å². The lowest BCUT2D eigenvalue weighted by atomic mass is 10.0. The molecule has 2 N–H and O–H groups in total. The van der Waals surface area contributed by atoms with Crippen LogP contribution in [0.2, 0.25) is 0 Å². The number of aromatic nitrogens is 2. The zero-order valence-electron chi connectivity index (χ0n) is 19.7. The van der Waals surface area contributed by atoms with Crippen molar-refractivity contribution in [1.82, 2.24) is 14.3 Å². The molecule has 0 radical (unpaired) electrons. The number of likely N-dealkylation sites (tertiary alicyclic amines) is 1. The third kappa shape index (κ3) is 5.66. The van der Waals surface area contributed by atoms with Crippen LogP contribution in [0.25, 0.3) is 5.65 Å². The second-order valence-corrected chi connectivity index (χ2v) is 8.90. The topological polar surface area (TPSA) is 69.9 Å². The number of nitrogens with zero attached hydrogens (tertiary/aromatic N) is 3. The summed E-state index contributed by atoms with van der Waals surface area (Å²) in [6.45, 7) is 0.951. The zero-order valence-corrected chi connectivity index (χ0v) is 19.7. The van der Waals surface area contributed by atoms with Gasteiger partial charge in [-0.25, -0.2) is 4.98 Å². The molecule has 1 amide bonds. The maximum atomic E-state index is 13.8. The highest BCUT2D eigenvalue weighted by Gasteiger charge is 2.34. The van der Waals surface area contributed by atoms with Crippen LogP contribution in [-0.2, 0) is 12.7 Å². The number of anilines is 1. The van der Waals surface area contributed by atoms with Crippen LogP contribution in [0.4, 0.5) is 18.9 Å². The molecule has 0 spiro atoms. The fourth-order valence-corrected chi connectivity index (χ4v) is 4.36. The number of hydrogen-bond acceptors (Lipinski definition) is 4. The van der Waals surface area contributed by atoms with Gasteiger partial charge in [-0.05, 0) is 60.4 Å². The minimum absolute atomic E-state index is 0.0461. The molecular weight excluding hydrogens is 481 g/mol. The van der Waals surface area contributed by atoms with E-state index in [0.717, 1.165) is 11.7 Å². The van der Waals surface area contributed by atoms with E-state index in [1.54, 1.807) is 35.4 Å². The van der Waals surface area contributed by atoms with Crippen molar-refractivity contribution in [2.45, 2.75) is 25.2 Å². The van der Waals surface area contributed by atoms with Gasteiger partial charge in [0.15, 0.2) is 0 Å². The Hall–Kier alpha value is -4.13. The molecule has 188 valence electrons. The van der Waals surface area contributed by atoms with Crippen LogP contribution in [0.3, 0.4) is 0 Å². The Bertz CT molecular complexity index is 1520. The summed E-state index contributed by atoms with van der Waals surface area (Å²) in [5.41, 5.74) is 1.65. The summed E-state index contributed by atoms with van der Waals surface area (Å²) in [6, 6.07) is 16.0. The van der Waals surface area contributed by atoms with E-state index >= 15 is 0 Å². The van der Waals surface area contributed by atoms with Gasteiger partial charge in [-0.1, -0.05) is 24.1 Å². The maximum absolute atomic E-state index is 13.8. The average molecular weight is 505 g/mol. The number of pyridine rings is 1. The van der Waals surface area contributed by atoms with Crippen molar-refractivity contribution < 1.29 is 23.1 Å². The molecule has 0 saturated carbocycles. The number of amides is 1. The van der Waals surface area contributed by atoms with Crippen LogP contribution in [0, 0.1) is 11.8 Å². The summed E-state index contributed by atoms with van der Waals surface area (Å²) in [6.07, 6.45) is -1.05. The molecule has 2 aromatic carbocycles. The van der Waals surface area contributed by atoms with Gasteiger partial charge in [0.2, 0.25) is 0 Å². The lowest BCUT2D eigenvalue weighted by molar-refractivity contribution is -0.138. The molecule has 1 fully saturated rings. The van der Waals surface area contributed by atoms with E-state index in [2.05, 4.69) is 22.1 Å². The van der Waals surface area contributed by atoms with Gasteiger partial charge in [0.05, 0.1) is 17.9 Å². The monoisotopic (exact) mass is 504 g/mol. The molecule has 4 aromatic rings. The van der Waals surface area contributed by atoms with E-state index in [1.807, 2.05) is 28.8 Å². The normalized spacial score (nSPS) is 15.9. The van der Waals surface area contributed by atoms with E-state index in [1.165, 1.54) is 12.1 Å². The van der Waals surface area contributed by atoms with E-state index in [0.29, 0.717) is 30.8 Å². The molecule has 5 rings (SSSR count). The van der Waals surface area contributed by atoms with Crippen LogP contribution < -0.4 is 5.32 Å². The number of nitrogens with one attached hydrogen (secondary N) is 1. The van der Waals surface area contributed by atoms with E-state index in [-0.39, 0.29) is 23.4 Å². The Morgan fingerprint density at radius 3 is 2.76 bits per heavy atom. The third-order valence-electron chi connectivity index (χ3n) is 6.19. The van der Waals surface area contributed by atoms with Crippen molar-refractivity contribution in [1.29, 1.82) is 0 Å². The summed E-state index contributed by atoms with van der Waals surface area (Å²) in [5.74, 6) is 5.51.